The van der Waals surface area contributed by atoms with Gasteiger partial charge in [-0.2, -0.15) is 0 Å². The third-order valence-electron chi connectivity index (χ3n) is 5.59. The van der Waals surface area contributed by atoms with Crippen LogP contribution in [0.1, 0.15) is 39.1 Å². The maximum Gasteiger partial charge on any atom is 0.253 e. The number of rotatable bonds is 7. The molecule has 29 heavy (non-hydrogen) atoms. The van der Waals surface area contributed by atoms with Crippen LogP contribution in [-0.2, 0) is 6.61 Å². The molecule has 1 saturated carbocycles. The molecule has 2 N–H and O–H groups in total. The quantitative estimate of drug-likeness (QED) is 0.784. The number of hydrogen-bond acceptors (Lipinski definition) is 4. The number of carbonyl (C=O) groups excluding carboxylic acids is 2. The Labute approximate surface area is 171 Å². The molecule has 4 rings (SSSR count). The van der Waals surface area contributed by atoms with E-state index >= 15 is 0 Å². The van der Waals surface area contributed by atoms with Crippen LogP contribution in [-0.4, -0.2) is 54.3 Å². The second-order valence-electron chi connectivity index (χ2n) is 7.89. The first-order valence-electron chi connectivity index (χ1n) is 10.2. The molecular formula is C23H27N3O3. The lowest BCUT2D eigenvalue weighted by atomic mass is 10.1. The zero-order chi connectivity index (χ0) is 20.2. The Morgan fingerprint density at radius 1 is 1.00 bits per heavy atom. The fourth-order valence-electron chi connectivity index (χ4n) is 3.73. The summed E-state index contributed by atoms with van der Waals surface area (Å²) in [5, 5.41) is 0. The number of para-hydroxylation sites is 1. The van der Waals surface area contributed by atoms with Gasteiger partial charge in [0.1, 0.15) is 12.4 Å². The van der Waals surface area contributed by atoms with Crippen molar-refractivity contribution in [2.45, 2.75) is 19.4 Å². The van der Waals surface area contributed by atoms with Crippen LogP contribution < -0.4 is 10.5 Å². The largest absolute Gasteiger partial charge is 0.488 e. The number of primary amides is 1. The third-order valence-corrected chi connectivity index (χ3v) is 5.59. The number of hydrogen-bond donors (Lipinski definition) is 1. The number of benzene rings is 2. The van der Waals surface area contributed by atoms with Gasteiger partial charge in [-0.25, -0.2) is 0 Å². The van der Waals surface area contributed by atoms with Crippen LogP contribution in [0.25, 0.3) is 0 Å². The van der Waals surface area contributed by atoms with E-state index in [2.05, 4.69) is 4.90 Å². The van der Waals surface area contributed by atoms with Gasteiger partial charge in [0.2, 0.25) is 0 Å². The van der Waals surface area contributed by atoms with Crippen molar-refractivity contribution in [3.05, 3.63) is 65.2 Å². The summed E-state index contributed by atoms with van der Waals surface area (Å²) in [5.41, 5.74) is 7.30. The molecule has 152 valence electrons. The predicted octanol–water partition coefficient (Wildman–Crippen LogP) is 2.53. The Morgan fingerprint density at radius 2 is 1.76 bits per heavy atom. The third kappa shape index (κ3) is 4.95. The number of nitrogens with zero attached hydrogens (tertiary/aromatic N) is 2. The average Bonchev–Trinajstić information content (AvgIpc) is 3.57. The highest BCUT2D eigenvalue weighted by molar-refractivity contribution is 5.95. The molecular weight excluding hydrogens is 366 g/mol. The van der Waals surface area contributed by atoms with E-state index in [4.69, 9.17) is 10.5 Å². The summed E-state index contributed by atoms with van der Waals surface area (Å²) in [6.07, 6.45) is 2.72. The minimum Gasteiger partial charge on any atom is -0.488 e. The van der Waals surface area contributed by atoms with Crippen molar-refractivity contribution in [3.63, 3.8) is 0 Å². The van der Waals surface area contributed by atoms with Gasteiger partial charge in [-0.3, -0.25) is 14.5 Å². The lowest BCUT2D eigenvalue weighted by Crippen LogP contribution is -2.49. The van der Waals surface area contributed by atoms with Gasteiger partial charge in [-0.15, -0.1) is 0 Å². The van der Waals surface area contributed by atoms with Crippen LogP contribution in [0.2, 0.25) is 0 Å². The van der Waals surface area contributed by atoms with E-state index < -0.39 is 5.91 Å². The molecule has 2 aromatic carbocycles. The van der Waals surface area contributed by atoms with Crippen LogP contribution in [0.5, 0.6) is 5.75 Å². The Hall–Kier alpha value is -2.86. The van der Waals surface area contributed by atoms with Crippen molar-refractivity contribution in [1.29, 1.82) is 0 Å². The van der Waals surface area contributed by atoms with Gasteiger partial charge in [-0.05, 0) is 48.6 Å². The molecule has 6 heteroatoms. The van der Waals surface area contributed by atoms with Crippen molar-refractivity contribution in [1.82, 2.24) is 9.80 Å². The summed E-state index contributed by atoms with van der Waals surface area (Å²) >= 11 is 0. The fraction of sp³-hybridized carbons (Fsp3) is 0.391. The minimum absolute atomic E-state index is 0.0652. The van der Waals surface area contributed by atoms with E-state index in [1.807, 2.05) is 29.2 Å². The Bertz CT molecular complexity index is 886. The normalized spacial score (nSPS) is 17.2. The van der Waals surface area contributed by atoms with Crippen molar-refractivity contribution < 1.29 is 14.3 Å². The van der Waals surface area contributed by atoms with Crippen molar-refractivity contribution in [2.24, 2.45) is 11.7 Å². The fourth-order valence-corrected chi connectivity index (χ4v) is 3.73. The van der Waals surface area contributed by atoms with Gasteiger partial charge in [0.05, 0.1) is 5.56 Å². The Kier molecular flexibility index (Phi) is 5.81. The Morgan fingerprint density at radius 3 is 2.48 bits per heavy atom. The number of ether oxygens (including phenoxy) is 1. The summed E-state index contributed by atoms with van der Waals surface area (Å²) < 4.78 is 5.79. The zero-order valence-electron chi connectivity index (χ0n) is 16.5. The van der Waals surface area contributed by atoms with Crippen LogP contribution in [0, 0.1) is 5.92 Å². The van der Waals surface area contributed by atoms with Crippen molar-refractivity contribution >= 4 is 11.8 Å². The zero-order valence-corrected chi connectivity index (χ0v) is 16.5. The molecule has 0 spiro atoms. The molecule has 2 aliphatic rings. The number of amides is 2. The lowest BCUT2D eigenvalue weighted by Gasteiger charge is -2.34. The summed E-state index contributed by atoms with van der Waals surface area (Å²) in [6.45, 7) is 4.91. The number of nitrogens with two attached hydrogens (primary N) is 1. The van der Waals surface area contributed by atoms with E-state index in [1.54, 1.807) is 24.3 Å². The van der Waals surface area contributed by atoms with Crippen molar-refractivity contribution in [3.8, 4) is 5.75 Å². The maximum atomic E-state index is 12.9. The van der Waals surface area contributed by atoms with Gasteiger partial charge in [0.15, 0.2) is 0 Å². The monoisotopic (exact) mass is 393 g/mol. The van der Waals surface area contributed by atoms with Gasteiger partial charge in [-0.1, -0.05) is 24.3 Å². The molecule has 1 heterocycles. The topological polar surface area (TPSA) is 75.9 Å². The molecule has 0 bridgehead atoms. The lowest BCUT2D eigenvalue weighted by molar-refractivity contribution is 0.0631. The molecule has 0 radical (unpaired) electrons. The van der Waals surface area contributed by atoms with E-state index in [9.17, 15) is 9.59 Å². The number of piperazine rings is 1. The molecule has 1 aliphatic carbocycles. The van der Waals surface area contributed by atoms with Gasteiger partial charge >= 0.3 is 0 Å². The van der Waals surface area contributed by atoms with Gasteiger partial charge in [0.25, 0.3) is 11.8 Å². The molecule has 2 amide bonds. The molecule has 0 atom stereocenters. The van der Waals surface area contributed by atoms with Crippen molar-refractivity contribution in [2.75, 3.05) is 32.7 Å². The molecule has 1 aliphatic heterocycles. The molecule has 0 unspecified atom stereocenters. The summed E-state index contributed by atoms with van der Waals surface area (Å²) in [5.74, 6) is 0.873. The molecule has 2 aromatic rings. The highest BCUT2D eigenvalue weighted by atomic mass is 16.5. The van der Waals surface area contributed by atoms with Gasteiger partial charge in [0, 0.05) is 38.3 Å². The second kappa shape index (κ2) is 8.66. The highest BCUT2D eigenvalue weighted by Gasteiger charge is 2.28. The molecule has 6 nitrogen and oxygen atoms in total. The predicted molar refractivity (Wildman–Crippen MR) is 111 cm³/mol. The van der Waals surface area contributed by atoms with E-state index in [0.717, 1.165) is 37.7 Å². The molecule has 1 saturated heterocycles. The maximum absolute atomic E-state index is 12.9. The molecule has 2 fully saturated rings. The van der Waals surface area contributed by atoms with Gasteiger partial charge < -0.3 is 15.4 Å². The van der Waals surface area contributed by atoms with E-state index in [-0.39, 0.29) is 12.5 Å². The average molecular weight is 393 g/mol. The summed E-state index contributed by atoms with van der Waals surface area (Å²) in [7, 11) is 0. The van der Waals surface area contributed by atoms with Crippen LogP contribution >= 0.6 is 0 Å². The first kappa shape index (κ1) is 19.5. The SMILES string of the molecule is NC(=O)c1ccccc1OCc1cccc(C(=O)N2CCN(CC3CC3)CC2)c1. The number of carbonyl (C=O) groups is 2. The van der Waals surface area contributed by atoms with E-state index in [0.29, 0.717) is 16.9 Å². The summed E-state index contributed by atoms with van der Waals surface area (Å²) in [4.78, 5) is 28.9. The van der Waals surface area contributed by atoms with Crippen LogP contribution in [0.3, 0.4) is 0 Å². The van der Waals surface area contributed by atoms with E-state index in [1.165, 1.54) is 19.4 Å². The standard InChI is InChI=1S/C23H27N3O3/c24-22(27)20-6-1-2-7-21(20)29-16-18-4-3-5-19(14-18)23(28)26-12-10-25(11-13-26)15-17-8-9-17/h1-7,14,17H,8-13,15-16H2,(H2,24,27). The minimum atomic E-state index is -0.523. The summed E-state index contributed by atoms with van der Waals surface area (Å²) in [6, 6.07) is 14.4. The van der Waals surface area contributed by atoms with Crippen LogP contribution in [0.4, 0.5) is 0 Å². The smallest absolute Gasteiger partial charge is 0.253 e. The molecule has 0 aromatic heterocycles. The Balaban J connectivity index is 1.36. The second-order valence-corrected chi connectivity index (χ2v) is 7.89. The van der Waals surface area contributed by atoms with Crippen LogP contribution in [0.15, 0.2) is 48.5 Å². The first-order chi connectivity index (χ1) is 14.1. The first-order valence-corrected chi connectivity index (χ1v) is 10.2. The highest BCUT2D eigenvalue weighted by Crippen LogP contribution is 2.30.